The molecule has 138 valence electrons. The Kier molecular flexibility index (Phi) is 4.60. The quantitative estimate of drug-likeness (QED) is 0.378. The molecule has 6 heteroatoms. The average molecular weight is 371 g/mol. The smallest absolute Gasteiger partial charge is 0.269 e. The van der Waals surface area contributed by atoms with Crippen LogP contribution in [0.1, 0.15) is 17.2 Å². The summed E-state index contributed by atoms with van der Waals surface area (Å²) in [4.78, 5) is 14.9. The lowest BCUT2D eigenvalue weighted by Gasteiger charge is -2.22. The Labute approximate surface area is 161 Å². The molecule has 0 aliphatic carbocycles. The van der Waals surface area contributed by atoms with Crippen molar-refractivity contribution < 1.29 is 10.0 Å². The standard InChI is InChI=1S/C22H17N3O3/c26-22-19(13-10-15-5-4-14-23-21(15)22)20(24-17-6-2-1-3-7-17)16-8-11-18(12-9-16)25(27)28/h1-14,20,24,26H/t20-/m0/s1. The summed E-state index contributed by atoms with van der Waals surface area (Å²) in [6, 6.07) is 23.0. The van der Waals surface area contributed by atoms with Crippen molar-refractivity contribution in [3.8, 4) is 5.75 Å². The van der Waals surface area contributed by atoms with Gasteiger partial charge in [0.2, 0.25) is 0 Å². The zero-order valence-electron chi connectivity index (χ0n) is 14.8. The van der Waals surface area contributed by atoms with E-state index in [1.54, 1.807) is 18.3 Å². The number of phenolic OH excluding ortho intramolecular Hbond substituents is 1. The Morgan fingerprint density at radius 2 is 1.68 bits per heavy atom. The van der Waals surface area contributed by atoms with E-state index < -0.39 is 11.0 Å². The predicted octanol–water partition coefficient (Wildman–Crippen LogP) is 5.05. The molecule has 0 spiro atoms. The number of aromatic hydroxyl groups is 1. The average Bonchev–Trinajstić information content (AvgIpc) is 2.74. The van der Waals surface area contributed by atoms with E-state index in [9.17, 15) is 15.2 Å². The summed E-state index contributed by atoms with van der Waals surface area (Å²) in [6.07, 6.45) is 1.64. The highest BCUT2D eigenvalue weighted by molar-refractivity contribution is 5.86. The van der Waals surface area contributed by atoms with Crippen LogP contribution in [0.2, 0.25) is 0 Å². The minimum absolute atomic E-state index is 0.0200. The molecule has 0 fully saturated rings. The highest BCUT2D eigenvalue weighted by atomic mass is 16.6. The molecular weight excluding hydrogens is 354 g/mol. The summed E-state index contributed by atoms with van der Waals surface area (Å²) in [5.74, 6) is 0.0879. The van der Waals surface area contributed by atoms with Gasteiger partial charge in [-0.15, -0.1) is 0 Å². The molecule has 6 nitrogen and oxygen atoms in total. The summed E-state index contributed by atoms with van der Waals surface area (Å²) in [7, 11) is 0. The van der Waals surface area contributed by atoms with E-state index in [2.05, 4.69) is 10.3 Å². The van der Waals surface area contributed by atoms with Gasteiger partial charge in [-0.25, -0.2) is 0 Å². The lowest BCUT2D eigenvalue weighted by molar-refractivity contribution is -0.384. The van der Waals surface area contributed by atoms with Gasteiger partial charge in [0.25, 0.3) is 5.69 Å². The highest BCUT2D eigenvalue weighted by Gasteiger charge is 2.20. The molecule has 1 aromatic heterocycles. The highest BCUT2D eigenvalue weighted by Crippen LogP contribution is 2.36. The van der Waals surface area contributed by atoms with Gasteiger partial charge in [-0.1, -0.05) is 36.4 Å². The van der Waals surface area contributed by atoms with Gasteiger partial charge in [-0.05, 0) is 35.9 Å². The predicted molar refractivity (Wildman–Crippen MR) is 108 cm³/mol. The van der Waals surface area contributed by atoms with Gasteiger partial charge >= 0.3 is 0 Å². The van der Waals surface area contributed by atoms with Crippen LogP contribution in [0.5, 0.6) is 5.75 Å². The molecule has 1 atom stereocenters. The first kappa shape index (κ1) is 17.5. The Morgan fingerprint density at radius 1 is 0.929 bits per heavy atom. The number of nitrogens with one attached hydrogen (secondary N) is 1. The van der Waals surface area contributed by atoms with Crippen molar-refractivity contribution in [3.05, 3.63) is 106 Å². The molecule has 4 rings (SSSR count). The number of non-ortho nitro benzene ring substituents is 1. The van der Waals surface area contributed by atoms with Gasteiger partial charge in [0.15, 0.2) is 0 Å². The molecule has 0 amide bonds. The monoisotopic (exact) mass is 371 g/mol. The molecule has 0 saturated carbocycles. The van der Waals surface area contributed by atoms with Crippen LogP contribution in [0.4, 0.5) is 11.4 Å². The van der Waals surface area contributed by atoms with Crippen molar-refractivity contribution >= 4 is 22.3 Å². The maximum atomic E-state index is 11.0. The van der Waals surface area contributed by atoms with Crippen LogP contribution in [-0.2, 0) is 0 Å². The fourth-order valence-electron chi connectivity index (χ4n) is 3.21. The second-order valence-electron chi connectivity index (χ2n) is 6.37. The largest absolute Gasteiger partial charge is 0.505 e. The van der Waals surface area contributed by atoms with E-state index in [-0.39, 0.29) is 11.4 Å². The second kappa shape index (κ2) is 7.36. The molecule has 0 saturated heterocycles. The van der Waals surface area contributed by atoms with Crippen molar-refractivity contribution in [2.45, 2.75) is 6.04 Å². The number of rotatable bonds is 5. The van der Waals surface area contributed by atoms with Crippen molar-refractivity contribution in [1.82, 2.24) is 4.98 Å². The van der Waals surface area contributed by atoms with Gasteiger partial charge in [0, 0.05) is 35.0 Å². The van der Waals surface area contributed by atoms with E-state index in [4.69, 9.17) is 0 Å². The van der Waals surface area contributed by atoms with E-state index in [0.717, 1.165) is 16.6 Å². The van der Waals surface area contributed by atoms with Gasteiger partial charge in [-0.2, -0.15) is 0 Å². The molecule has 0 bridgehead atoms. The Bertz CT molecular complexity index is 1130. The number of nitro benzene ring substituents is 1. The third-order valence-corrected chi connectivity index (χ3v) is 4.61. The molecule has 28 heavy (non-hydrogen) atoms. The third-order valence-electron chi connectivity index (χ3n) is 4.61. The van der Waals surface area contributed by atoms with Gasteiger partial charge in [-0.3, -0.25) is 15.1 Å². The number of benzene rings is 3. The number of fused-ring (bicyclic) bond motifs is 1. The molecular formula is C22H17N3O3. The number of nitro groups is 1. The lowest BCUT2D eigenvalue weighted by Crippen LogP contribution is -2.13. The summed E-state index contributed by atoms with van der Waals surface area (Å²) in [5, 5.41) is 26.1. The topological polar surface area (TPSA) is 88.3 Å². The molecule has 3 aromatic carbocycles. The maximum absolute atomic E-state index is 11.0. The zero-order valence-corrected chi connectivity index (χ0v) is 14.8. The van der Waals surface area contributed by atoms with Crippen LogP contribution in [0.3, 0.4) is 0 Å². The van der Waals surface area contributed by atoms with Crippen molar-refractivity contribution in [1.29, 1.82) is 0 Å². The third kappa shape index (κ3) is 3.35. The number of hydrogen-bond acceptors (Lipinski definition) is 5. The maximum Gasteiger partial charge on any atom is 0.269 e. The number of anilines is 1. The summed E-state index contributed by atoms with van der Waals surface area (Å²) < 4.78 is 0. The van der Waals surface area contributed by atoms with Gasteiger partial charge < -0.3 is 10.4 Å². The van der Waals surface area contributed by atoms with Crippen LogP contribution < -0.4 is 5.32 Å². The minimum Gasteiger partial charge on any atom is -0.505 e. The summed E-state index contributed by atoms with van der Waals surface area (Å²) >= 11 is 0. The fraction of sp³-hybridized carbons (Fsp3) is 0.0455. The van der Waals surface area contributed by atoms with Gasteiger partial charge in [0.1, 0.15) is 11.3 Å². The molecule has 4 aromatic rings. The molecule has 2 N–H and O–H groups in total. The number of pyridine rings is 1. The molecule has 0 aliphatic heterocycles. The Balaban J connectivity index is 1.83. The fourth-order valence-corrected chi connectivity index (χ4v) is 3.21. The van der Waals surface area contributed by atoms with Crippen LogP contribution in [0, 0.1) is 10.1 Å². The number of nitrogens with zero attached hydrogens (tertiary/aromatic N) is 2. The molecule has 0 radical (unpaired) electrons. The van der Waals surface area contributed by atoms with Crippen LogP contribution in [0.15, 0.2) is 85.1 Å². The Morgan fingerprint density at radius 3 is 2.39 bits per heavy atom. The van der Waals surface area contributed by atoms with Crippen LogP contribution in [0.25, 0.3) is 10.9 Å². The van der Waals surface area contributed by atoms with Gasteiger partial charge in [0.05, 0.1) is 11.0 Å². The normalized spacial score (nSPS) is 11.9. The lowest BCUT2D eigenvalue weighted by atomic mass is 9.95. The van der Waals surface area contributed by atoms with Crippen molar-refractivity contribution in [3.63, 3.8) is 0 Å². The number of hydrogen-bond donors (Lipinski definition) is 2. The molecule has 0 unspecified atom stereocenters. The number of phenols is 1. The Hall–Kier alpha value is -3.93. The van der Waals surface area contributed by atoms with Crippen molar-refractivity contribution in [2.24, 2.45) is 0 Å². The minimum atomic E-state index is -0.430. The van der Waals surface area contributed by atoms with Crippen molar-refractivity contribution in [2.75, 3.05) is 5.32 Å². The first-order chi connectivity index (χ1) is 13.6. The first-order valence-corrected chi connectivity index (χ1v) is 8.76. The van der Waals surface area contributed by atoms with E-state index in [0.29, 0.717) is 11.1 Å². The SMILES string of the molecule is O=[N+]([O-])c1ccc([C@H](Nc2ccccc2)c2ccc3cccnc3c2O)cc1. The summed E-state index contributed by atoms with van der Waals surface area (Å²) in [5.41, 5.74) is 2.84. The summed E-state index contributed by atoms with van der Waals surface area (Å²) in [6.45, 7) is 0. The number of aromatic nitrogens is 1. The van der Waals surface area contributed by atoms with E-state index in [1.807, 2.05) is 54.6 Å². The second-order valence-corrected chi connectivity index (χ2v) is 6.37. The van der Waals surface area contributed by atoms with Crippen LogP contribution >= 0.6 is 0 Å². The first-order valence-electron chi connectivity index (χ1n) is 8.76. The molecule has 0 aliphatic rings. The van der Waals surface area contributed by atoms with E-state index >= 15 is 0 Å². The zero-order chi connectivity index (χ0) is 19.5. The number of para-hydroxylation sites is 1. The van der Waals surface area contributed by atoms with E-state index in [1.165, 1.54) is 12.1 Å². The molecule has 1 heterocycles. The van der Waals surface area contributed by atoms with Crippen LogP contribution in [-0.4, -0.2) is 15.0 Å².